The summed E-state index contributed by atoms with van der Waals surface area (Å²) in [7, 11) is 0. The van der Waals surface area contributed by atoms with Crippen molar-refractivity contribution < 1.29 is 4.79 Å². The number of nitrogens with one attached hydrogen (secondary N) is 1. The zero-order valence-electron chi connectivity index (χ0n) is 10.7. The molecule has 3 nitrogen and oxygen atoms in total. The van der Waals surface area contributed by atoms with Crippen LogP contribution in [-0.2, 0) is 4.79 Å². The molecule has 1 aliphatic rings. The van der Waals surface area contributed by atoms with Crippen LogP contribution in [0.3, 0.4) is 0 Å². The van der Waals surface area contributed by atoms with E-state index in [1.807, 2.05) is 0 Å². The third-order valence-electron chi connectivity index (χ3n) is 3.63. The average Bonchev–Trinajstić information content (AvgIpc) is 2.45. The molecular weight excluding hydrogens is 200 g/mol. The summed E-state index contributed by atoms with van der Waals surface area (Å²) in [5.74, 6) is 0.640. The third kappa shape index (κ3) is 4.12. The molecule has 1 amide bonds. The predicted molar refractivity (Wildman–Crippen MR) is 67.1 cm³/mol. The second-order valence-electron chi connectivity index (χ2n) is 5.13. The molecule has 0 spiro atoms. The molecule has 0 aromatic carbocycles. The second-order valence-corrected chi connectivity index (χ2v) is 5.13. The number of hydrogen-bond donors (Lipinski definition) is 2. The highest BCUT2D eigenvalue weighted by atomic mass is 16.2. The number of amides is 1. The van der Waals surface area contributed by atoms with Crippen molar-refractivity contribution in [1.29, 1.82) is 0 Å². The number of carbonyl (C=O) groups is 1. The van der Waals surface area contributed by atoms with Gasteiger partial charge in [0.05, 0.1) is 6.04 Å². The van der Waals surface area contributed by atoms with E-state index in [0.29, 0.717) is 12.0 Å². The van der Waals surface area contributed by atoms with Crippen LogP contribution >= 0.6 is 0 Å². The maximum atomic E-state index is 11.8. The average molecular weight is 226 g/mol. The van der Waals surface area contributed by atoms with Crippen LogP contribution < -0.4 is 11.1 Å². The minimum atomic E-state index is -0.319. The number of rotatable bonds is 4. The first-order valence-corrected chi connectivity index (χ1v) is 6.71. The van der Waals surface area contributed by atoms with Crippen molar-refractivity contribution in [1.82, 2.24) is 5.32 Å². The van der Waals surface area contributed by atoms with Crippen molar-refractivity contribution in [2.75, 3.05) is 0 Å². The van der Waals surface area contributed by atoms with E-state index in [0.717, 1.165) is 19.3 Å². The standard InChI is InChI=1S/C13H26N2O/c1-3-7-11(14)13(16)15-12-9-6-4-5-8-10(12)2/h10-12H,3-9,14H2,1-2H3,(H,15,16)/t10?,11-,12?/m0/s1. The van der Waals surface area contributed by atoms with Gasteiger partial charge in [0.1, 0.15) is 0 Å². The molecule has 0 bridgehead atoms. The lowest BCUT2D eigenvalue weighted by Gasteiger charge is -2.24. The lowest BCUT2D eigenvalue weighted by Crippen LogP contribution is -2.47. The van der Waals surface area contributed by atoms with Gasteiger partial charge >= 0.3 is 0 Å². The van der Waals surface area contributed by atoms with Crippen molar-refractivity contribution >= 4 is 5.91 Å². The van der Waals surface area contributed by atoms with Crippen LogP contribution in [0.2, 0.25) is 0 Å². The van der Waals surface area contributed by atoms with Crippen molar-refractivity contribution in [2.45, 2.75) is 70.9 Å². The zero-order chi connectivity index (χ0) is 12.0. The topological polar surface area (TPSA) is 55.1 Å². The molecule has 3 N–H and O–H groups in total. The Hall–Kier alpha value is -0.570. The van der Waals surface area contributed by atoms with Gasteiger partial charge in [0.15, 0.2) is 0 Å². The van der Waals surface area contributed by atoms with Gasteiger partial charge in [-0.2, -0.15) is 0 Å². The van der Waals surface area contributed by atoms with Crippen LogP contribution in [-0.4, -0.2) is 18.0 Å². The fraction of sp³-hybridized carbons (Fsp3) is 0.923. The Morgan fingerprint density at radius 2 is 2.06 bits per heavy atom. The van der Waals surface area contributed by atoms with Gasteiger partial charge in [-0.15, -0.1) is 0 Å². The van der Waals surface area contributed by atoms with Gasteiger partial charge in [0.25, 0.3) is 0 Å². The minimum absolute atomic E-state index is 0.0422. The van der Waals surface area contributed by atoms with Crippen molar-refractivity contribution in [3.63, 3.8) is 0 Å². The summed E-state index contributed by atoms with van der Waals surface area (Å²) in [6.07, 6.45) is 7.94. The highest BCUT2D eigenvalue weighted by molar-refractivity contribution is 5.81. The summed E-state index contributed by atoms with van der Waals surface area (Å²) in [5.41, 5.74) is 5.82. The lowest BCUT2D eigenvalue weighted by molar-refractivity contribution is -0.123. The summed E-state index contributed by atoms with van der Waals surface area (Å²) in [4.78, 5) is 11.8. The summed E-state index contributed by atoms with van der Waals surface area (Å²) in [6, 6.07) is 0.0263. The van der Waals surface area contributed by atoms with Gasteiger partial charge in [-0.05, 0) is 25.2 Å². The Morgan fingerprint density at radius 1 is 1.38 bits per heavy atom. The van der Waals surface area contributed by atoms with Crippen LogP contribution in [0.5, 0.6) is 0 Å². The fourth-order valence-corrected chi connectivity index (χ4v) is 2.44. The number of nitrogens with two attached hydrogens (primary N) is 1. The van der Waals surface area contributed by atoms with E-state index in [1.165, 1.54) is 25.7 Å². The molecule has 0 aliphatic heterocycles. The molecule has 0 radical (unpaired) electrons. The van der Waals surface area contributed by atoms with Gasteiger partial charge in [-0.3, -0.25) is 4.79 Å². The Morgan fingerprint density at radius 3 is 2.75 bits per heavy atom. The minimum Gasteiger partial charge on any atom is -0.352 e. The smallest absolute Gasteiger partial charge is 0.237 e. The predicted octanol–water partition coefficient (Wildman–Crippen LogP) is 2.20. The molecule has 3 atom stereocenters. The Balaban J connectivity index is 2.41. The van der Waals surface area contributed by atoms with E-state index in [1.54, 1.807) is 0 Å². The van der Waals surface area contributed by atoms with E-state index in [-0.39, 0.29) is 11.9 Å². The number of hydrogen-bond acceptors (Lipinski definition) is 2. The van der Waals surface area contributed by atoms with E-state index < -0.39 is 0 Å². The molecule has 16 heavy (non-hydrogen) atoms. The normalized spacial score (nSPS) is 28.2. The van der Waals surface area contributed by atoms with Crippen LogP contribution in [0.15, 0.2) is 0 Å². The van der Waals surface area contributed by atoms with Crippen LogP contribution in [0.1, 0.15) is 58.8 Å². The molecule has 2 unspecified atom stereocenters. The summed E-state index contributed by atoms with van der Waals surface area (Å²) >= 11 is 0. The highest BCUT2D eigenvalue weighted by Gasteiger charge is 2.23. The van der Waals surface area contributed by atoms with Crippen molar-refractivity contribution in [3.8, 4) is 0 Å². The van der Waals surface area contributed by atoms with E-state index in [2.05, 4.69) is 19.2 Å². The van der Waals surface area contributed by atoms with Gasteiger partial charge in [0, 0.05) is 6.04 Å². The van der Waals surface area contributed by atoms with Crippen LogP contribution in [0.25, 0.3) is 0 Å². The highest BCUT2D eigenvalue weighted by Crippen LogP contribution is 2.22. The van der Waals surface area contributed by atoms with Crippen molar-refractivity contribution in [2.24, 2.45) is 11.7 Å². The van der Waals surface area contributed by atoms with E-state index >= 15 is 0 Å². The molecule has 0 aromatic rings. The quantitative estimate of drug-likeness (QED) is 0.722. The Bertz CT molecular complexity index is 218. The first-order valence-electron chi connectivity index (χ1n) is 6.71. The van der Waals surface area contributed by atoms with Crippen molar-refractivity contribution in [3.05, 3.63) is 0 Å². The van der Waals surface area contributed by atoms with Gasteiger partial charge in [-0.25, -0.2) is 0 Å². The first-order chi connectivity index (χ1) is 7.65. The molecule has 94 valence electrons. The molecule has 1 rings (SSSR count). The molecule has 0 saturated heterocycles. The number of carbonyl (C=O) groups excluding carboxylic acids is 1. The largest absolute Gasteiger partial charge is 0.352 e. The SMILES string of the molecule is CCC[C@H](N)C(=O)NC1CCCCCC1C. The molecule has 3 heteroatoms. The third-order valence-corrected chi connectivity index (χ3v) is 3.63. The maximum absolute atomic E-state index is 11.8. The summed E-state index contributed by atoms with van der Waals surface area (Å²) in [6.45, 7) is 4.29. The second kappa shape index (κ2) is 6.89. The van der Waals surface area contributed by atoms with E-state index in [9.17, 15) is 4.79 Å². The zero-order valence-corrected chi connectivity index (χ0v) is 10.7. The fourth-order valence-electron chi connectivity index (χ4n) is 2.44. The molecule has 1 saturated carbocycles. The lowest BCUT2D eigenvalue weighted by atomic mass is 9.96. The van der Waals surface area contributed by atoms with Crippen LogP contribution in [0.4, 0.5) is 0 Å². The first kappa shape index (κ1) is 13.5. The summed E-state index contributed by atoms with van der Waals surface area (Å²) < 4.78 is 0. The molecular formula is C13H26N2O. The molecule has 0 heterocycles. The molecule has 1 fully saturated rings. The van der Waals surface area contributed by atoms with E-state index in [4.69, 9.17) is 5.73 Å². The maximum Gasteiger partial charge on any atom is 0.237 e. The van der Waals surface area contributed by atoms with Gasteiger partial charge in [-0.1, -0.05) is 39.5 Å². The Kier molecular flexibility index (Phi) is 5.81. The Labute approximate surface area is 99.2 Å². The van der Waals surface area contributed by atoms with Gasteiger partial charge in [0.2, 0.25) is 5.91 Å². The van der Waals surface area contributed by atoms with Gasteiger partial charge < -0.3 is 11.1 Å². The molecule has 1 aliphatic carbocycles. The molecule has 0 aromatic heterocycles. The monoisotopic (exact) mass is 226 g/mol. The van der Waals surface area contributed by atoms with Crippen LogP contribution in [0, 0.1) is 5.92 Å². The summed E-state index contributed by atoms with van der Waals surface area (Å²) in [5, 5.41) is 3.13.